The van der Waals surface area contributed by atoms with Gasteiger partial charge in [-0.2, -0.15) is 0 Å². The van der Waals surface area contributed by atoms with E-state index in [1.807, 2.05) is 31.2 Å². The van der Waals surface area contributed by atoms with Gasteiger partial charge in [0, 0.05) is 12.2 Å². The lowest BCUT2D eigenvalue weighted by Gasteiger charge is -2.11. The predicted molar refractivity (Wildman–Crippen MR) is 105 cm³/mol. The maximum Gasteiger partial charge on any atom is 0.262 e. The number of benzene rings is 2. The van der Waals surface area contributed by atoms with Gasteiger partial charge in [-0.25, -0.2) is 0 Å². The van der Waals surface area contributed by atoms with Gasteiger partial charge in [-0.3, -0.25) is 9.59 Å². The number of likely N-dealkylation sites (N-methyl/N-ethyl adjacent to an activating group) is 1. The smallest absolute Gasteiger partial charge is 0.262 e. The Morgan fingerprint density at radius 1 is 0.926 bits per heavy atom. The third-order valence-corrected chi connectivity index (χ3v) is 3.78. The van der Waals surface area contributed by atoms with Crippen LogP contribution in [0.5, 0.6) is 11.5 Å². The number of ether oxygens (including phenoxy) is 2. The van der Waals surface area contributed by atoms with Crippen LogP contribution >= 0.6 is 0 Å². The van der Waals surface area contributed by atoms with Gasteiger partial charge in [0.1, 0.15) is 11.5 Å². The summed E-state index contributed by atoms with van der Waals surface area (Å²) >= 11 is 0. The first-order valence-corrected chi connectivity index (χ1v) is 9.00. The zero-order valence-electron chi connectivity index (χ0n) is 16.0. The van der Waals surface area contributed by atoms with Gasteiger partial charge in [-0.1, -0.05) is 26.0 Å². The highest BCUT2D eigenvalue weighted by atomic mass is 16.5. The Hall–Kier alpha value is -3.02. The fourth-order valence-corrected chi connectivity index (χ4v) is 2.34. The van der Waals surface area contributed by atoms with Crippen molar-refractivity contribution in [1.29, 1.82) is 0 Å². The molecule has 0 spiro atoms. The molecular formula is C21H26N2O4. The van der Waals surface area contributed by atoms with Gasteiger partial charge >= 0.3 is 0 Å². The van der Waals surface area contributed by atoms with Crippen molar-refractivity contribution in [3.63, 3.8) is 0 Å². The molecule has 0 aliphatic heterocycles. The van der Waals surface area contributed by atoms with Crippen LogP contribution in [0.4, 0.5) is 5.69 Å². The summed E-state index contributed by atoms with van der Waals surface area (Å²) in [5.74, 6) is 1.21. The molecule has 0 fully saturated rings. The van der Waals surface area contributed by atoms with Crippen LogP contribution in [-0.4, -0.2) is 31.6 Å². The molecule has 0 aliphatic rings. The van der Waals surface area contributed by atoms with Crippen LogP contribution in [0.3, 0.4) is 0 Å². The van der Waals surface area contributed by atoms with E-state index >= 15 is 0 Å². The maximum atomic E-state index is 12.1. The van der Waals surface area contributed by atoms with Crippen LogP contribution in [0.15, 0.2) is 48.5 Å². The molecule has 0 radical (unpaired) electrons. The third-order valence-electron chi connectivity index (χ3n) is 3.78. The Labute approximate surface area is 159 Å². The Balaban J connectivity index is 1.80. The number of amides is 2. The van der Waals surface area contributed by atoms with Crippen LogP contribution in [0.1, 0.15) is 32.3 Å². The van der Waals surface area contributed by atoms with Crippen molar-refractivity contribution >= 4 is 17.5 Å². The summed E-state index contributed by atoms with van der Waals surface area (Å²) in [5.41, 5.74) is 1.79. The molecular weight excluding hydrogens is 344 g/mol. The van der Waals surface area contributed by atoms with Gasteiger partial charge in [0.2, 0.25) is 0 Å². The second-order valence-corrected chi connectivity index (χ2v) is 6.33. The van der Waals surface area contributed by atoms with Crippen LogP contribution in [-0.2, 0) is 9.59 Å². The predicted octanol–water partition coefficient (Wildman–Crippen LogP) is 3.34. The molecule has 2 aromatic carbocycles. The fraction of sp³-hybridized carbons (Fsp3) is 0.333. The highest BCUT2D eigenvalue weighted by Crippen LogP contribution is 2.20. The van der Waals surface area contributed by atoms with E-state index in [1.165, 1.54) is 0 Å². The molecule has 2 aromatic rings. The van der Waals surface area contributed by atoms with E-state index in [1.54, 1.807) is 24.3 Å². The third kappa shape index (κ3) is 7.01. The molecule has 0 unspecified atom stereocenters. The molecule has 2 N–H and O–H groups in total. The van der Waals surface area contributed by atoms with Gasteiger partial charge in [0.05, 0.1) is 0 Å². The first kappa shape index (κ1) is 20.3. The Morgan fingerprint density at radius 2 is 1.59 bits per heavy atom. The Bertz CT molecular complexity index is 757. The van der Waals surface area contributed by atoms with E-state index in [2.05, 4.69) is 24.5 Å². The topological polar surface area (TPSA) is 76.7 Å². The highest BCUT2D eigenvalue weighted by molar-refractivity contribution is 5.91. The normalized spacial score (nSPS) is 10.4. The van der Waals surface area contributed by atoms with Crippen molar-refractivity contribution in [2.45, 2.75) is 26.7 Å². The zero-order valence-corrected chi connectivity index (χ0v) is 16.0. The summed E-state index contributed by atoms with van der Waals surface area (Å²) in [7, 11) is 0. The van der Waals surface area contributed by atoms with Crippen molar-refractivity contribution in [1.82, 2.24) is 5.32 Å². The average Bonchev–Trinajstić information content (AvgIpc) is 2.66. The minimum Gasteiger partial charge on any atom is -0.484 e. The summed E-state index contributed by atoms with van der Waals surface area (Å²) in [4.78, 5) is 23.4. The van der Waals surface area contributed by atoms with E-state index in [0.29, 0.717) is 29.6 Å². The van der Waals surface area contributed by atoms with Crippen molar-refractivity contribution in [2.24, 2.45) is 0 Å². The largest absolute Gasteiger partial charge is 0.484 e. The lowest BCUT2D eigenvalue weighted by Crippen LogP contribution is -2.28. The molecule has 2 rings (SSSR count). The van der Waals surface area contributed by atoms with Crippen molar-refractivity contribution in [2.75, 3.05) is 25.1 Å². The van der Waals surface area contributed by atoms with Gasteiger partial charge in [-0.15, -0.1) is 0 Å². The van der Waals surface area contributed by atoms with E-state index < -0.39 is 0 Å². The molecule has 27 heavy (non-hydrogen) atoms. The number of nitrogens with one attached hydrogen (secondary N) is 2. The molecule has 0 saturated carbocycles. The number of hydrogen-bond donors (Lipinski definition) is 2. The molecule has 0 saturated heterocycles. The summed E-state index contributed by atoms with van der Waals surface area (Å²) in [6.07, 6.45) is 0. The average molecular weight is 370 g/mol. The molecule has 0 aromatic heterocycles. The lowest BCUT2D eigenvalue weighted by atomic mass is 10.0. The Kier molecular flexibility index (Phi) is 7.67. The molecule has 6 heteroatoms. The second-order valence-electron chi connectivity index (χ2n) is 6.33. The number of hydrogen-bond acceptors (Lipinski definition) is 4. The minimum atomic E-state index is -0.249. The summed E-state index contributed by atoms with van der Waals surface area (Å²) in [6, 6.07) is 14.5. The van der Waals surface area contributed by atoms with Crippen LogP contribution < -0.4 is 20.1 Å². The number of carbonyl (C=O) groups is 2. The number of rotatable bonds is 9. The summed E-state index contributed by atoms with van der Waals surface area (Å²) in [6.45, 7) is 6.52. The quantitative estimate of drug-likeness (QED) is 0.710. The standard InChI is InChI=1S/C21H26N2O4/c1-4-22-20(24)13-26-18-10-8-17(9-11-18)23-21(25)14-27-19-7-5-6-16(12-19)15(2)3/h5-12,15H,4,13-14H2,1-3H3,(H,22,24)(H,23,25). The molecule has 0 bridgehead atoms. The molecule has 0 heterocycles. The van der Waals surface area contributed by atoms with Gasteiger partial charge in [-0.05, 0) is 54.8 Å². The Morgan fingerprint density at radius 3 is 2.26 bits per heavy atom. The first-order valence-electron chi connectivity index (χ1n) is 9.00. The highest BCUT2D eigenvalue weighted by Gasteiger charge is 2.06. The van der Waals surface area contributed by atoms with Crippen LogP contribution in [0, 0.1) is 0 Å². The SMILES string of the molecule is CCNC(=O)COc1ccc(NC(=O)COc2cccc(C(C)C)c2)cc1. The molecule has 144 valence electrons. The minimum absolute atomic E-state index is 0.0389. The second kappa shape index (κ2) is 10.2. The summed E-state index contributed by atoms with van der Waals surface area (Å²) in [5, 5.41) is 5.42. The maximum absolute atomic E-state index is 12.1. The van der Waals surface area contributed by atoms with E-state index in [0.717, 1.165) is 5.56 Å². The van der Waals surface area contributed by atoms with Gasteiger partial charge < -0.3 is 20.1 Å². The summed E-state index contributed by atoms with van der Waals surface area (Å²) < 4.78 is 10.9. The number of carbonyl (C=O) groups excluding carboxylic acids is 2. The first-order chi connectivity index (χ1) is 13.0. The van der Waals surface area contributed by atoms with Crippen LogP contribution in [0.25, 0.3) is 0 Å². The van der Waals surface area contributed by atoms with Crippen LogP contribution in [0.2, 0.25) is 0 Å². The van der Waals surface area contributed by atoms with E-state index in [-0.39, 0.29) is 25.0 Å². The molecule has 2 amide bonds. The fourth-order valence-electron chi connectivity index (χ4n) is 2.34. The van der Waals surface area contributed by atoms with Gasteiger partial charge in [0.25, 0.3) is 11.8 Å². The lowest BCUT2D eigenvalue weighted by molar-refractivity contribution is -0.123. The van der Waals surface area contributed by atoms with Crippen molar-refractivity contribution < 1.29 is 19.1 Å². The van der Waals surface area contributed by atoms with Gasteiger partial charge in [0.15, 0.2) is 13.2 Å². The van der Waals surface area contributed by atoms with Crippen molar-refractivity contribution in [3.05, 3.63) is 54.1 Å². The monoisotopic (exact) mass is 370 g/mol. The molecule has 0 aliphatic carbocycles. The van der Waals surface area contributed by atoms with E-state index in [4.69, 9.17) is 9.47 Å². The zero-order chi connectivity index (χ0) is 19.6. The van der Waals surface area contributed by atoms with E-state index in [9.17, 15) is 9.59 Å². The molecule has 6 nitrogen and oxygen atoms in total. The van der Waals surface area contributed by atoms with Crippen molar-refractivity contribution in [3.8, 4) is 11.5 Å². The number of anilines is 1. The molecule has 0 atom stereocenters.